The van der Waals surface area contributed by atoms with E-state index in [4.69, 9.17) is 5.73 Å². The molecule has 2 nitrogen and oxygen atoms in total. The van der Waals surface area contributed by atoms with E-state index in [1.807, 2.05) is 0 Å². The maximum absolute atomic E-state index is 12.9. The minimum absolute atomic E-state index is 0.406. The lowest BCUT2D eigenvalue weighted by molar-refractivity contribution is 0.100. The first kappa shape index (κ1) is 10.4. The zero-order valence-corrected chi connectivity index (χ0v) is 8.41. The Kier molecular flexibility index (Phi) is 2.68. The Bertz CT molecular complexity index is 520. The fourth-order valence-corrected chi connectivity index (χ4v) is 1.44. The van der Waals surface area contributed by atoms with Crippen LogP contribution < -0.4 is 5.73 Å². The van der Waals surface area contributed by atoms with Gasteiger partial charge in [-0.2, -0.15) is 0 Å². The van der Waals surface area contributed by atoms with Gasteiger partial charge in [0.1, 0.15) is 5.82 Å². The summed E-state index contributed by atoms with van der Waals surface area (Å²) in [6, 6.07) is 13.8. The number of halogens is 1. The second kappa shape index (κ2) is 4.14. The molecule has 0 unspecified atom stereocenters. The molecule has 0 spiro atoms. The third-order valence-electron chi connectivity index (χ3n) is 2.27. The van der Waals surface area contributed by atoms with Gasteiger partial charge in [0, 0.05) is 11.6 Å². The molecule has 0 atom stereocenters. The number of benzene rings is 2. The fourth-order valence-electron chi connectivity index (χ4n) is 1.44. The van der Waals surface area contributed by atoms with Gasteiger partial charge in [-0.3, -0.25) is 4.79 Å². The van der Waals surface area contributed by atoms with Gasteiger partial charge in [0.25, 0.3) is 0 Å². The van der Waals surface area contributed by atoms with Crippen molar-refractivity contribution in [1.29, 1.82) is 0 Å². The largest absolute Gasteiger partial charge is 0.366 e. The molecular weight excluding hydrogens is 205 g/mol. The number of nitrogens with two attached hydrogens (primary N) is 1. The average molecular weight is 214 g/mol. The third kappa shape index (κ3) is 2.08. The van der Waals surface area contributed by atoms with Crippen LogP contribution in [0.2, 0.25) is 0 Å². The summed E-state index contributed by atoms with van der Waals surface area (Å²) in [5, 5.41) is 0. The SMILES string of the molecule is NC(=O)c1ccc(-c2cc[c]c(F)c2)cc1. The third-order valence-corrected chi connectivity index (χ3v) is 2.27. The van der Waals surface area contributed by atoms with Gasteiger partial charge in [-0.15, -0.1) is 0 Å². The van der Waals surface area contributed by atoms with E-state index in [0.717, 1.165) is 11.1 Å². The van der Waals surface area contributed by atoms with E-state index in [2.05, 4.69) is 6.07 Å². The van der Waals surface area contributed by atoms with Crippen LogP contribution in [0.5, 0.6) is 0 Å². The van der Waals surface area contributed by atoms with Crippen molar-refractivity contribution in [2.75, 3.05) is 0 Å². The highest BCUT2D eigenvalue weighted by Crippen LogP contribution is 2.20. The predicted octanol–water partition coefficient (Wildman–Crippen LogP) is 2.39. The van der Waals surface area contributed by atoms with E-state index < -0.39 is 11.7 Å². The molecule has 1 amide bonds. The van der Waals surface area contributed by atoms with Crippen molar-refractivity contribution in [3.8, 4) is 11.1 Å². The average Bonchev–Trinajstić information content (AvgIpc) is 2.29. The maximum atomic E-state index is 12.9. The van der Waals surface area contributed by atoms with Crippen LogP contribution in [-0.4, -0.2) is 5.91 Å². The van der Waals surface area contributed by atoms with Crippen molar-refractivity contribution in [1.82, 2.24) is 0 Å². The molecule has 2 rings (SSSR count). The molecule has 0 aliphatic heterocycles. The van der Waals surface area contributed by atoms with Crippen LogP contribution in [0, 0.1) is 11.9 Å². The van der Waals surface area contributed by atoms with Gasteiger partial charge in [-0.05, 0) is 29.3 Å². The molecule has 79 valence electrons. The lowest BCUT2D eigenvalue weighted by Crippen LogP contribution is -2.10. The second-order valence-corrected chi connectivity index (χ2v) is 3.37. The zero-order valence-electron chi connectivity index (χ0n) is 8.41. The Labute approximate surface area is 92.5 Å². The highest BCUT2D eigenvalue weighted by molar-refractivity contribution is 5.93. The minimum Gasteiger partial charge on any atom is -0.366 e. The van der Waals surface area contributed by atoms with Crippen molar-refractivity contribution in [2.24, 2.45) is 5.73 Å². The molecule has 1 radical (unpaired) electrons. The Morgan fingerprint density at radius 2 is 1.81 bits per heavy atom. The first-order chi connectivity index (χ1) is 7.66. The second-order valence-electron chi connectivity index (χ2n) is 3.37. The minimum atomic E-state index is -0.473. The van der Waals surface area contributed by atoms with Crippen LogP contribution in [0.3, 0.4) is 0 Å². The lowest BCUT2D eigenvalue weighted by atomic mass is 10.0. The van der Waals surface area contributed by atoms with Gasteiger partial charge >= 0.3 is 0 Å². The summed E-state index contributed by atoms with van der Waals surface area (Å²) in [4.78, 5) is 10.9. The van der Waals surface area contributed by atoms with E-state index in [1.54, 1.807) is 30.3 Å². The Morgan fingerprint density at radius 1 is 1.12 bits per heavy atom. The maximum Gasteiger partial charge on any atom is 0.248 e. The van der Waals surface area contributed by atoms with Gasteiger partial charge in [-0.25, -0.2) is 4.39 Å². The molecule has 0 aromatic heterocycles. The number of rotatable bonds is 2. The standard InChI is InChI=1S/C13H9FNO/c14-12-3-1-2-11(8-12)9-4-6-10(7-5-9)13(15)16/h1-2,4-8H,(H2,15,16). The monoisotopic (exact) mass is 214 g/mol. The van der Waals surface area contributed by atoms with Gasteiger partial charge in [0.15, 0.2) is 0 Å². The molecule has 0 aliphatic rings. The summed E-state index contributed by atoms with van der Waals surface area (Å²) >= 11 is 0. The normalized spacial score (nSPS) is 10.1. The number of hydrogen-bond donors (Lipinski definition) is 1. The molecule has 2 aromatic rings. The van der Waals surface area contributed by atoms with Crippen molar-refractivity contribution >= 4 is 5.91 Å². The summed E-state index contributed by atoms with van der Waals surface area (Å²) in [6.45, 7) is 0. The van der Waals surface area contributed by atoms with Gasteiger partial charge in [0.2, 0.25) is 5.91 Å². The van der Waals surface area contributed by atoms with E-state index in [1.165, 1.54) is 12.1 Å². The first-order valence-corrected chi connectivity index (χ1v) is 4.74. The molecule has 0 aliphatic carbocycles. The summed E-state index contributed by atoms with van der Waals surface area (Å²) < 4.78 is 12.9. The van der Waals surface area contributed by atoms with E-state index in [0.29, 0.717) is 5.56 Å². The summed E-state index contributed by atoms with van der Waals surface area (Å²) in [5.74, 6) is -0.879. The number of hydrogen-bond acceptors (Lipinski definition) is 1. The van der Waals surface area contributed by atoms with Crippen LogP contribution in [-0.2, 0) is 0 Å². The Hall–Kier alpha value is -2.16. The van der Waals surface area contributed by atoms with E-state index >= 15 is 0 Å². The van der Waals surface area contributed by atoms with E-state index in [9.17, 15) is 9.18 Å². The summed E-state index contributed by atoms with van der Waals surface area (Å²) in [7, 11) is 0. The van der Waals surface area contributed by atoms with Crippen molar-refractivity contribution in [3.63, 3.8) is 0 Å². The highest BCUT2D eigenvalue weighted by Gasteiger charge is 2.02. The molecule has 3 heteroatoms. The predicted molar refractivity (Wildman–Crippen MR) is 59.2 cm³/mol. The van der Waals surface area contributed by atoms with Crippen LogP contribution in [0.1, 0.15) is 10.4 Å². The molecule has 0 saturated carbocycles. The van der Waals surface area contributed by atoms with Crippen molar-refractivity contribution in [3.05, 3.63) is 59.9 Å². The Balaban J connectivity index is 2.38. The molecule has 2 aromatic carbocycles. The molecule has 16 heavy (non-hydrogen) atoms. The van der Waals surface area contributed by atoms with Crippen LogP contribution in [0.4, 0.5) is 4.39 Å². The van der Waals surface area contributed by atoms with Crippen LogP contribution in [0.25, 0.3) is 11.1 Å². The molecule has 0 heterocycles. The van der Waals surface area contributed by atoms with Gasteiger partial charge < -0.3 is 5.73 Å². The van der Waals surface area contributed by atoms with Crippen LogP contribution >= 0.6 is 0 Å². The van der Waals surface area contributed by atoms with Gasteiger partial charge in [0.05, 0.1) is 0 Å². The summed E-state index contributed by atoms with van der Waals surface area (Å²) in [6.07, 6.45) is 0. The van der Waals surface area contributed by atoms with Crippen molar-refractivity contribution < 1.29 is 9.18 Å². The fraction of sp³-hybridized carbons (Fsp3) is 0. The first-order valence-electron chi connectivity index (χ1n) is 4.74. The number of carbonyl (C=O) groups excluding carboxylic acids is 1. The smallest absolute Gasteiger partial charge is 0.248 e. The zero-order chi connectivity index (χ0) is 11.5. The number of carbonyl (C=O) groups is 1. The lowest BCUT2D eigenvalue weighted by Gasteiger charge is -2.02. The summed E-state index contributed by atoms with van der Waals surface area (Å²) in [5.41, 5.74) is 7.13. The molecule has 0 fully saturated rings. The van der Waals surface area contributed by atoms with E-state index in [-0.39, 0.29) is 0 Å². The van der Waals surface area contributed by atoms with Crippen LogP contribution in [0.15, 0.2) is 42.5 Å². The number of amides is 1. The molecule has 2 N–H and O–H groups in total. The topological polar surface area (TPSA) is 43.1 Å². The Morgan fingerprint density at radius 3 is 2.38 bits per heavy atom. The quantitative estimate of drug-likeness (QED) is 0.819. The van der Waals surface area contributed by atoms with Crippen molar-refractivity contribution in [2.45, 2.75) is 0 Å². The highest BCUT2D eigenvalue weighted by atomic mass is 19.1. The molecular formula is C13H9FNO. The molecule has 0 bridgehead atoms. The molecule has 0 saturated heterocycles. The number of primary amides is 1. The van der Waals surface area contributed by atoms with Gasteiger partial charge in [-0.1, -0.05) is 24.3 Å².